The van der Waals surface area contributed by atoms with Gasteiger partial charge in [0.2, 0.25) is 6.23 Å². The molecule has 1 fully saturated rings. The molecule has 0 N–H and O–H groups in total. The summed E-state index contributed by atoms with van der Waals surface area (Å²) in [6, 6.07) is 3.20. The SMILES string of the molecule is CN1CCN(C(=O)O[C@H]2c3nccnc3C(=O)N2c2ccc(Cl)cn2)CC1.O=C([O-])CCC(=O)[O-]. The lowest BCUT2D eigenvalue weighted by Gasteiger charge is -2.33. The van der Waals surface area contributed by atoms with E-state index in [-0.39, 0.29) is 5.69 Å². The van der Waals surface area contributed by atoms with E-state index in [1.807, 2.05) is 7.05 Å². The number of fused-ring (bicyclic) bond motifs is 1. The Hall–Kier alpha value is -3.84. The Morgan fingerprint density at radius 3 is 2.23 bits per heavy atom. The lowest BCUT2D eigenvalue weighted by molar-refractivity contribution is -0.315. The van der Waals surface area contributed by atoms with E-state index < -0.39 is 43.0 Å². The van der Waals surface area contributed by atoms with Crippen molar-refractivity contribution < 1.29 is 34.1 Å². The molecule has 0 aromatic carbocycles. The first kappa shape index (κ1) is 25.8. The van der Waals surface area contributed by atoms with Crippen LogP contribution in [0, 0.1) is 0 Å². The number of anilines is 1. The van der Waals surface area contributed by atoms with Gasteiger partial charge in [0.15, 0.2) is 5.69 Å². The topological polar surface area (TPSA) is 172 Å². The molecule has 1 saturated heterocycles. The number of carbonyl (C=O) groups is 4. The van der Waals surface area contributed by atoms with E-state index >= 15 is 0 Å². The van der Waals surface area contributed by atoms with E-state index in [0.29, 0.717) is 29.6 Å². The van der Waals surface area contributed by atoms with Gasteiger partial charge in [0.1, 0.15) is 11.5 Å². The Morgan fingerprint density at radius 2 is 1.66 bits per heavy atom. The van der Waals surface area contributed by atoms with Crippen molar-refractivity contribution in [3.63, 3.8) is 0 Å². The number of ether oxygens (including phenoxy) is 1. The third-order valence-electron chi connectivity index (χ3n) is 5.08. The Balaban J connectivity index is 0.000000371. The zero-order valence-electron chi connectivity index (χ0n) is 18.6. The summed E-state index contributed by atoms with van der Waals surface area (Å²) in [6.45, 7) is 2.64. The van der Waals surface area contributed by atoms with Crippen LogP contribution in [0.15, 0.2) is 30.7 Å². The van der Waals surface area contributed by atoms with Crippen LogP contribution >= 0.6 is 11.6 Å². The molecule has 0 radical (unpaired) electrons. The number of halogens is 1. The largest absolute Gasteiger partial charge is 0.550 e. The van der Waals surface area contributed by atoms with Gasteiger partial charge in [-0.15, -0.1) is 0 Å². The first-order valence-electron chi connectivity index (χ1n) is 10.5. The van der Waals surface area contributed by atoms with Gasteiger partial charge in [-0.1, -0.05) is 11.6 Å². The maximum atomic E-state index is 12.8. The fourth-order valence-corrected chi connectivity index (χ4v) is 3.36. The number of hydrogen-bond donors (Lipinski definition) is 0. The molecule has 4 rings (SSSR count). The zero-order chi connectivity index (χ0) is 25.5. The second-order valence-electron chi connectivity index (χ2n) is 7.57. The van der Waals surface area contributed by atoms with Gasteiger partial charge in [0.25, 0.3) is 5.91 Å². The smallest absolute Gasteiger partial charge is 0.412 e. The predicted octanol–water partition coefficient (Wildman–Crippen LogP) is -1.17. The number of aliphatic carboxylic acids is 2. The normalized spacial score (nSPS) is 17.3. The zero-order valence-corrected chi connectivity index (χ0v) is 19.4. The van der Waals surface area contributed by atoms with Crippen LogP contribution in [0.1, 0.15) is 35.3 Å². The highest BCUT2D eigenvalue weighted by Crippen LogP contribution is 2.35. The molecule has 186 valence electrons. The molecule has 4 heterocycles. The standard InChI is InChI=1S/C17H17ClN6O3.C4H6O4/c1-22-6-8-23(9-7-22)17(26)27-16-14-13(19-4-5-20-14)15(25)24(16)12-3-2-11(18)10-21-12;5-3(6)1-2-4(7)8/h2-5,10,16H,6-9H2,1H3;1-2H2,(H,5,6)(H,7,8)/p-2/t16-;/m0./s1. The summed E-state index contributed by atoms with van der Waals surface area (Å²) >= 11 is 5.89. The first-order valence-corrected chi connectivity index (χ1v) is 10.8. The molecule has 0 aliphatic carbocycles. The second-order valence-corrected chi connectivity index (χ2v) is 8.01. The van der Waals surface area contributed by atoms with Crippen LogP contribution < -0.4 is 15.1 Å². The molecule has 2 aromatic rings. The molecule has 2 amide bonds. The van der Waals surface area contributed by atoms with E-state index in [2.05, 4.69) is 19.9 Å². The minimum Gasteiger partial charge on any atom is -0.550 e. The van der Waals surface area contributed by atoms with Gasteiger partial charge in [-0.3, -0.25) is 9.78 Å². The minimum atomic E-state index is -1.37. The van der Waals surface area contributed by atoms with Gasteiger partial charge in [-0.25, -0.2) is 19.7 Å². The summed E-state index contributed by atoms with van der Waals surface area (Å²) < 4.78 is 5.68. The quantitative estimate of drug-likeness (QED) is 0.480. The van der Waals surface area contributed by atoms with Crippen molar-refractivity contribution >= 4 is 41.4 Å². The van der Waals surface area contributed by atoms with Crippen LogP contribution in [-0.4, -0.2) is 81.9 Å². The summed E-state index contributed by atoms with van der Waals surface area (Å²) in [5.74, 6) is -2.85. The summed E-state index contributed by atoms with van der Waals surface area (Å²) in [7, 11) is 2.00. The van der Waals surface area contributed by atoms with Crippen molar-refractivity contribution in [3.8, 4) is 0 Å². The Bertz CT molecular complexity index is 1080. The minimum absolute atomic E-state index is 0.144. The summed E-state index contributed by atoms with van der Waals surface area (Å²) in [4.78, 5) is 62.0. The number of carbonyl (C=O) groups excluding carboxylic acids is 4. The lowest BCUT2D eigenvalue weighted by atomic mass is 10.3. The maximum Gasteiger partial charge on any atom is 0.412 e. The first-order chi connectivity index (χ1) is 16.7. The van der Waals surface area contributed by atoms with E-state index in [0.717, 1.165) is 13.1 Å². The summed E-state index contributed by atoms with van der Waals surface area (Å²) in [5.41, 5.74) is 0.437. The van der Waals surface area contributed by atoms with Gasteiger partial charge in [-0.2, -0.15) is 0 Å². The molecular formula is C21H21ClN6O7-2. The van der Waals surface area contributed by atoms with Crippen molar-refractivity contribution in [2.75, 3.05) is 38.1 Å². The van der Waals surface area contributed by atoms with Crippen LogP contribution in [0.4, 0.5) is 10.6 Å². The number of piperazine rings is 1. The number of hydrogen-bond acceptors (Lipinski definition) is 11. The second kappa shape index (κ2) is 11.5. The van der Waals surface area contributed by atoms with E-state index in [9.17, 15) is 29.4 Å². The van der Waals surface area contributed by atoms with Crippen LogP contribution in [0.5, 0.6) is 0 Å². The number of nitrogens with zero attached hydrogens (tertiary/aromatic N) is 6. The molecule has 2 aliphatic rings. The van der Waals surface area contributed by atoms with Crippen molar-refractivity contribution in [2.45, 2.75) is 19.1 Å². The summed E-state index contributed by atoms with van der Waals surface area (Å²) in [6.07, 6.45) is 1.84. The van der Waals surface area contributed by atoms with Crippen molar-refractivity contribution in [2.24, 2.45) is 0 Å². The number of carboxylic acid groups (broad SMARTS) is 2. The van der Waals surface area contributed by atoms with Gasteiger partial charge < -0.3 is 34.3 Å². The molecule has 0 unspecified atom stereocenters. The number of amides is 2. The van der Waals surface area contributed by atoms with Crippen molar-refractivity contribution in [1.29, 1.82) is 0 Å². The molecule has 0 bridgehead atoms. The third-order valence-corrected chi connectivity index (χ3v) is 5.31. The average Bonchev–Trinajstić information content (AvgIpc) is 3.11. The predicted molar refractivity (Wildman–Crippen MR) is 116 cm³/mol. The molecular weight excluding hydrogens is 484 g/mol. The highest BCUT2D eigenvalue weighted by Gasteiger charge is 2.44. The highest BCUT2D eigenvalue weighted by molar-refractivity contribution is 6.30. The fraction of sp³-hybridized carbons (Fsp3) is 0.381. The molecule has 35 heavy (non-hydrogen) atoms. The molecule has 13 nitrogen and oxygen atoms in total. The van der Waals surface area contributed by atoms with E-state index in [1.54, 1.807) is 17.0 Å². The molecule has 0 saturated carbocycles. The van der Waals surface area contributed by atoms with Gasteiger partial charge in [-0.05, 0) is 32.0 Å². The molecule has 2 aliphatic heterocycles. The summed E-state index contributed by atoms with van der Waals surface area (Å²) in [5, 5.41) is 19.4. The number of aromatic nitrogens is 3. The maximum absolute atomic E-state index is 12.8. The number of likely N-dealkylation sites (N-methyl/N-ethyl adjacent to an activating group) is 1. The number of pyridine rings is 1. The van der Waals surface area contributed by atoms with Crippen molar-refractivity contribution in [1.82, 2.24) is 24.8 Å². The Morgan fingerprint density at radius 1 is 1.03 bits per heavy atom. The van der Waals surface area contributed by atoms with Crippen LogP contribution in [-0.2, 0) is 14.3 Å². The molecule has 2 aromatic heterocycles. The number of rotatable bonds is 5. The monoisotopic (exact) mass is 504 g/mol. The number of carboxylic acids is 2. The Kier molecular flexibility index (Phi) is 8.49. The third kappa shape index (κ3) is 6.61. The van der Waals surface area contributed by atoms with Gasteiger partial charge in [0, 0.05) is 56.7 Å². The Labute approximate surface area is 204 Å². The lowest BCUT2D eigenvalue weighted by Crippen LogP contribution is -2.48. The average molecular weight is 505 g/mol. The van der Waals surface area contributed by atoms with Gasteiger partial charge >= 0.3 is 6.09 Å². The molecule has 0 spiro atoms. The van der Waals surface area contributed by atoms with Gasteiger partial charge in [0.05, 0.1) is 5.02 Å². The van der Waals surface area contributed by atoms with E-state index in [1.165, 1.54) is 23.5 Å². The van der Waals surface area contributed by atoms with E-state index in [4.69, 9.17) is 16.3 Å². The van der Waals surface area contributed by atoms with Crippen LogP contribution in [0.3, 0.4) is 0 Å². The van der Waals surface area contributed by atoms with Crippen LogP contribution in [0.25, 0.3) is 0 Å². The van der Waals surface area contributed by atoms with Crippen molar-refractivity contribution in [3.05, 3.63) is 47.1 Å². The van der Waals surface area contributed by atoms with Crippen LogP contribution in [0.2, 0.25) is 5.02 Å². The highest BCUT2D eigenvalue weighted by atomic mass is 35.5. The molecule has 1 atom stereocenters. The molecule has 14 heteroatoms. The fourth-order valence-electron chi connectivity index (χ4n) is 3.24.